The van der Waals surface area contributed by atoms with Gasteiger partial charge in [0.1, 0.15) is 5.01 Å². The predicted molar refractivity (Wildman–Crippen MR) is 78.0 cm³/mol. The van der Waals surface area contributed by atoms with Crippen molar-refractivity contribution < 1.29 is 9.47 Å². The molecule has 0 spiro atoms. The number of benzene rings is 1. The Morgan fingerprint density at radius 1 is 1.26 bits per heavy atom. The Kier molecular flexibility index (Phi) is 4.76. The molecule has 0 saturated heterocycles. The predicted octanol–water partition coefficient (Wildman–Crippen LogP) is 2.94. The quantitative estimate of drug-likeness (QED) is 0.882. The standard InChI is InChI=1S/C14H18N2O2S/c1-4-15-8-10-9-19-14(16-10)11-6-5-7-12(17-2)13(11)18-3/h5-7,9,15H,4,8H2,1-3H3. The van der Waals surface area contributed by atoms with Crippen molar-refractivity contribution in [3.05, 3.63) is 29.3 Å². The van der Waals surface area contributed by atoms with E-state index in [2.05, 4.69) is 22.6 Å². The minimum atomic E-state index is 0.725. The van der Waals surface area contributed by atoms with Crippen molar-refractivity contribution in [2.75, 3.05) is 20.8 Å². The second kappa shape index (κ2) is 6.54. The Hall–Kier alpha value is -1.59. The smallest absolute Gasteiger partial charge is 0.170 e. The number of rotatable bonds is 6. The number of hydrogen-bond donors (Lipinski definition) is 1. The van der Waals surface area contributed by atoms with E-state index < -0.39 is 0 Å². The molecule has 2 rings (SSSR count). The van der Waals surface area contributed by atoms with Crippen molar-refractivity contribution in [1.29, 1.82) is 0 Å². The van der Waals surface area contributed by atoms with E-state index in [0.29, 0.717) is 0 Å². The third kappa shape index (κ3) is 3.05. The Balaban J connectivity index is 2.33. The van der Waals surface area contributed by atoms with Crippen LogP contribution in [0.25, 0.3) is 10.6 Å². The fourth-order valence-corrected chi connectivity index (χ4v) is 2.66. The lowest BCUT2D eigenvalue weighted by atomic mass is 10.2. The molecule has 5 heteroatoms. The summed E-state index contributed by atoms with van der Waals surface area (Å²) in [6, 6.07) is 5.83. The van der Waals surface area contributed by atoms with Crippen molar-refractivity contribution in [3.63, 3.8) is 0 Å². The summed E-state index contributed by atoms with van der Waals surface area (Å²) < 4.78 is 10.7. The number of aromatic nitrogens is 1. The Labute approximate surface area is 117 Å². The maximum atomic E-state index is 5.44. The number of ether oxygens (including phenoxy) is 2. The molecule has 102 valence electrons. The zero-order chi connectivity index (χ0) is 13.7. The van der Waals surface area contributed by atoms with Gasteiger partial charge in [0.05, 0.1) is 25.5 Å². The van der Waals surface area contributed by atoms with Crippen LogP contribution in [-0.2, 0) is 6.54 Å². The summed E-state index contributed by atoms with van der Waals surface area (Å²) in [4.78, 5) is 4.62. The first kappa shape index (κ1) is 13.8. The van der Waals surface area contributed by atoms with Crippen molar-refractivity contribution >= 4 is 11.3 Å². The van der Waals surface area contributed by atoms with E-state index in [1.165, 1.54) is 0 Å². The van der Waals surface area contributed by atoms with Gasteiger partial charge < -0.3 is 14.8 Å². The molecule has 4 nitrogen and oxygen atoms in total. The molecule has 0 saturated carbocycles. The molecule has 0 radical (unpaired) electrons. The van der Waals surface area contributed by atoms with Crippen molar-refractivity contribution in [2.45, 2.75) is 13.5 Å². The van der Waals surface area contributed by atoms with Gasteiger partial charge in [-0.15, -0.1) is 11.3 Å². The summed E-state index contributed by atoms with van der Waals surface area (Å²) >= 11 is 1.62. The number of para-hydroxylation sites is 1. The van der Waals surface area contributed by atoms with Gasteiger partial charge in [-0.25, -0.2) is 4.98 Å². The summed E-state index contributed by atoms with van der Waals surface area (Å²) in [5.41, 5.74) is 2.02. The first-order valence-electron chi connectivity index (χ1n) is 6.16. The van der Waals surface area contributed by atoms with Gasteiger partial charge in [-0.05, 0) is 18.7 Å². The lowest BCUT2D eigenvalue weighted by molar-refractivity contribution is 0.356. The highest BCUT2D eigenvalue weighted by molar-refractivity contribution is 7.13. The summed E-state index contributed by atoms with van der Waals surface area (Å²) in [6.45, 7) is 3.81. The number of hydrogen-bond acceptors (Lipinski definition) is 5. The van der Waals surface area contributed by atoms with Gasteiger partial charge in [0, 0.05) is 11.9 Å². The van der Waals surface area contributed by atoms with Crippen LogP contribution in [0.5, 0.6) is 11.5 Å². The van der Waals surface area contributed by atoms with Gasteiger partial charge in [-0.2, -0.15) is 0 Å². The van der Waals surface area contributed by atoms with Crippen LogP contribution in [0.15, 0.2) is 23.6 Å². The van der Waals surface area contributed by atoms with E-state index in [9.17, 15) is 0 Å². The third-order valence-electron chi connectivity index (χ3n) is 2.74. The summed E-state index contributed by atoms with van der Waals surface area (Å²) in [6.07, 6.45) is 0. The Bertz CT molecular complexity index is 540. The molecule has 0 bridgehead atoms. The number of nitrogens with zero attached hydrogens (tertiary/aromatic N) is 1. The highest BCUT2D eigenvalue weighted by Crippen LogP contribution is 2.38. The van der Waals surface area contributed by atoms with Gasteiger partial charge >= 0.3 is 0 Å². The molecular formula is C14H18N2O2S. The van der Waals surface area contributed by atoms with E-state index in [-0.39, 0.29) is 0 Å². The zero-order valence-electron chi connectivity index (χ0n) is 11.4. The van der Waals surface area contributed by atoms with Crippen molar-refractivity contribution in [2.24, 2.45) is 0 Å². The molecule has 0 aliphatic heterocycles. The monoisotopic (exact) mass is 278 g/mol. The molecule has 1 aromatic heterocycles. The van der Waals surface area contributed by atoms with Gasteiger partial charge in [0.25, 0.3) is 0 Å². The molecule has 1 N–H and O–H groups in total. The second-order valence-electron chi connectivity index (χ2n) is 3.97. The van der Waals surface area contributed by atoms with Gasteiger partial charge in [-0.3, -0.25) is 0 Å². The first-order valence-corrected chi connectivity index (χ1v) is 7.04. The van der Waals surface area contributed by atoms with Gasteiger partial charge in [0.2, 0.25) is 0 Å². The average molecular weight is 278 g/mol. The molecular weight excluding hydrogens is 260 g/mol. The molecule has 0 unspecified atom stereocenters. The second-order valence-corrected chi connectivity index (χ2v) is 4.82. The van der Waals surface area contributed by atoms with E-state index in [1.807, 2.05) is 18.2 Å². The lowest BCUT2D eigenvalue weighted by Gasteiger charge is -2.10. The van der Waals surface area contributed by atoms with E-state index in [1.54, 1.807) is 25.6 Å². The topological polar surface area (TPSA) is 43.4 Å². The molecule has 19 heavy (non-hydrogen) atoms. The lowest BCUT2D eigenvalue weighted by Crippen LogP contribution is -2.11. The maximum absolute atomic E-state index is 5.44. The summed E-state index contributed by atoms with van der Waals surface area (Å²) in [7, 11) is 3.29. The minimum Gasteiger partial charge on any atom is -0.493 e. The number of methoxy groups -OCH3 is 2. The number of nitrogens with one attached hydrogen (secondary N) is 1. The fourth-order valence-electron chi connectivity index (χ4n) is 1.82. The number of thiazole rings is 1. The molecule has 1 heterocycles. The normalized spacial score (nSPS) is 10.5. The van der Waals surface area contributed by atoms with E-state index in [0.717, 1.165) is 40.9 Å². The van der Waals surface area contributed by atoms with Gasteiger partial charge in [-0.1, -0.05) is 13.0 Å². The van der Waals surface area contributed by atoms with Crippen LogP contribution >= 0.6 is 11.3 Å². The SMILES string of the molecule is CCNCc1csc(-c2cccc(OC)c2OC)n1. The van der Waals surface area contributed by atoms with Crippen LogP contribution in [0.4, 0.5) is 0 Å². The Morgan fingerprint density at radius 2 is 2.11 bits per heavy atom. The van der Waals surface area contributed by atoms with Gasteiger partial charge in [0.15, 0.2) is 11.5 Å². The van der Waals surface area contributed by atoms with Crippen LogP contribution in [-0.4, -0.2) is 25.7 Å². The van der Waals surface area contributed by atoms with Crippen LogP contribution in [0.1, 0.15) is 12.6 Å². The van der Waals surface area contributed by atoms with Crippen LogP contribution in [0.2, 0.25) is 0 Å². The Morgan fingerprint density at radius 3 is 2.79 bits per heavy atom. The summed E-state index contributed by atoms with van der Waals surface area (Å²) in [5.74, 6) is 1.46. The molecule has 0 aliphatic carbocycles. The van der Waals surface area contributed by atoms with Crippen LogP contribution in [0, 0.1) is 0 Å². The molecule has 1 aromatic carbocycles. The molecule has 0 aliphatic rings. The zero-order valence-corrected chi connectivity index (χ0v) is 12.2. The fraction of sp³-hybridized carbons (Fsp3) is 0.357. The molecule has 2 aromatic rings. The van der Waals surface area contributed by atoms with Crippen molar-refractivity contribution in [1.82, 2.24) is 10.3 Å². The molecule has 0 amide bonds. The minimum absolute atomic E-state index is 0.725. The first-order chi connectivity index (χ1) is 9.30. The third-order valence-corrected chi connectivity index (χ3v) is 3.67. The molecule has 0 atom stereocenters. The summed E-state index contributed by atoms with van der Waals surface area (Å²) in [5, 5.41) is 6.28. The van der Waals surface area contributed by atoms with E-state index in [4.69, 9.17) is 9.47 Å². The average Bonchev–Trinajstić information content (AvgIpc) is 2.92. The molecule has 0 fully saturated rings. The van der Waals surface area contributed by atoms with Crippen LogP contribution < -0.4 is 14.8 Å². The largest absolute Gasteiger partial charge is 0.493 e. The maximum Gasteiger partial charge on any atom is 0.170 e. The highest BCUT2D eigenvalue weighted by atomic mass is 32.1. The highest BCUT2D eigenvalue weighted by Gasteiger charge is 2.14. The van der Waals surface area contributed by atoms with Crippen LogP contribution in [0.3, 0.4) is 0 Å². The van der Waals surface area contributed by atoms with Crippen molar-refractivity contribution in [3.8, 4) is 22.1 Å². The van der Waals surface area contributed by atoms with E-state index >= 15 is 0 Å².